The second-order valence-electron chi connectivity index (χ2n) is 5.23. The number of carbonyl (C=O) groups is 1. The standard InChI is InChI=1S/C16H13F3N4O2S/c17-16(18,19)11-3-1-2-4-12(11)20-21-13(24)5-6-14-22-23-15(25-14)10-7-8-26-9-10/h1-4,7-9,20H,5-6H2,(H,21,24). The van der Waals surface area contributed by atoms with Gasteiger partial charge in [0.05, 0.1) is 11.3 Å². The molecule has 0 fully saturated rings. The molecule has 26 heavy (non-hydrogen) atoms. The number of aromatic nitrogens is 2. The number of aryl methyl sites for hydroxylation is 1. The Morgan fingerprint density at radius 3 is 2.73 bits per heavy atom. The van der Waals surface area contributed by atoms with Gasteiger partial charge in [0.2, 0.25) is 17.7 Å². The van der Waals surface area contributed by atoms with Gasteiger partial charge >= 0.3 is 6.18 Å². The number of halogens is 3. The number of hydrogen-bond donors (Lipinski definition) is 2. The number of benzene rings is 1. The van der Waals surface area contributed by atoms with Gasteiger partial charge in [0.1, 0.15) is 0 Å². The molecular weight excluding hydrogens is 369 g/mol. The normalized spacial score (nSPS) is 11.3. The third kappa shape index (κ3) is 4.39. The van der Waals surface area contributed by atoms with E-state index in [9.17, 15) is 18.0 Å². The Hall–Kier alpha value is -2.88. The van der Waals surface area contributed by atoms with Gasteiger partial charge in [-0.3, -0.25) is 15.6 Å². The summed E-state index contributed by atoms with van der Waals surface area (Å²) in [5.74, 6) is 0.133. The predicted octanol–water partition coefficient (Wildman–Crippen LogP) is 3.89. The predicted molar refractivity (Wildman–Crippen MR) is 89.1 cm³/mol. The van der Waals surface area contributed by atoms with Crippen LogP contribution in [0.25, 0.3) is 11.5 Å². The van der Waals surface area contributed by atoms with E-state index in [1.165, 1.54) is 29.5 Å². The molecule has 1 aromatic carbocycles. The summed E-state index contributed by atoms with van der Waals surface area (Å²) in [6, 6.07) is 6.70. The first-order chi connectivity index (χ1) is 12.4. The maximum Gasteiger partial charge on any atom is 0.418 e. The number of anilines is 1. The number of amides is 1. The van der Waals surface area contributed by atoms with E-state index in [1.807, 2.05) is 16.8 Å². The zero-order chi connectivity index (χ0) is 18.6. The van der Waals surface area contributed by atoms with Crippen molar-refractivity contribution in [3.8, 4) is 11.5 Å². The van der Waals surface area contributed by atoms with Crippen LogP contribution in [0.1, 0.15) is 17.9 Å². The number of rotatable bonds is 6. The minimum Gasteiger partial charge on any atom is -0.421 e. The molecule has 10 heteroatoms. The SMILES string of the molecule is O=C(CCc1nnc(-c2ccsc2)o1)NNc1ccccc1C(F)(F)F. The van der Waals surface area contributed by atoms with Crippen LogP contribution in [-0.2, 0) is 17.4 Å². The molecule has 0 saturated carbocycles. The van der Waals surface area contributed by atoms with Gasteiger partial charge in [-0.05, 0) is 23.6 Å². The molecule has 136 valence electrons. The van der Waals surface area contributed by atoms with Crippen LogP contribution in [0.2, 0.25) is 0 Å². The lowest BCUT2D eigenvalue weighted by Crippen LogP contribution is -2.30. The number of hydrazine groups is 1. The van der Waals surface area contributed by atoms with E-state index >= 15 is 0 Å². The van der Waals surface area contributed by atoms with Crippen LogP contribution >= 0.6 is 11.3 Å². The number of thiophene rings is 1. The Kier molecular flexibility index (Phi) is 5.21. The topological polar surface area (TPSA) is 80.0 Å². The van der Waals surface area contributed by atoms with E-state index in [4.69, 9.17) is 4.42 Å². The molecule has 3 aromatic rings. The first-order valence-corrected chi connectivity index (χ1v) is 8.44. The summed E-state index contributed by atoms with van der Waals surface area (Å²) in [6.07, 6.45) is -4.37. The molecule has 1 amide bonds. The molecule has 0 radical (unpaired) electrons. The van der Waals surface area contributed by atoms with Crippen molar-refractivity contribution in [3.05, 3.63) is 52.5 Å². The van der Waals surface area contributed by atoms with Gasteiger partial charge in [0.15, 0.2) is 0 Å². The van der Waals surface area contributed by atoms with Gasteiger partial charge in [0, 0.05) is 23.8 Å². The molecule has 2 N–H and O–H groups in total. The van der Waals surface area contributed by atoms with E-state index in [0.717, 1.165) is 11.6 Å². The molecule has 0 bridgehead atoms. The second kappa shape index (κ2) is 7.56. The first kappa shape index (κ1) is 17.9. The zero-order valence-electron chi connectivity index (χ0n) is 13.2. The van der Waals surface area contributed by atoms with Crippen LogP contribution in [0.4, 0.5) is 18.9 Å². The lowest BCUT2D eigenvalue weighted by molar-refractivity contribution is -0.137. The van der Waals surface area contributed by atoms with E-state index in [1.54, 1.807) is 0 Å². The summed E-state index contributed by atoms with van der Waals surface area (Å²) in [6.45, 7) is 0. The van der Waals surface area contributed by atoms with Crippen LogP contribution in [0.3, 0.4) is 0 Å². The van der Waals surface area contributed by atoms with Crippen LogP contribution in [0, 0.1) is 0 Å². The number of nitrogens with one attached hydrogen (secondary N) is 2. The Bertz CT molecular complexity index is 878. The van der Waals surface area contributed by atoms with E-state index < -0.39 is 17.6 Å². The number of nitrogens with zero attached hydrogens (tertiary/aromatic N) is 2. The maximum atomic E-state index is 12.9. The summed E-state index contributed by atoms with van der Waals surface area (Å²) in [4.78, 5) is 11.8. The number of para-hydroxylation sites is 1. The maximum absolute atomic E-state index is 12.9. The molecule has 0 unspecified atom stereocenters. The molecular formula is C16H13F3N4O2S. The molecule has 0 atom stereocenters. The quantitative estimate of drug-likeness (QED) is 0.632. The Morgan fingerprint density at radius 2 is 2.00 bits per heavy atom. The van der Waals surface area contributed by atoms with Crippen molar-refractivity contribution in [1.82, 2.24) is 15.6 Å². The molecule has 2 heterocycles. The van der Waals surface area contributed by atoms with Crippen molar-refractivity contribution in [2.75, 3.05) is 5.43 Å². The summed E-state index contributed by atoms with van der Waals surface area (Å²) >= 11 is 1.49. The monoisotopic (exact) mass is 382 g/mol. The zero-order valence-corrected chi connectivity index (χ0v) is 14.0. The van der Waals surface area contributed by atoms with Crippen LogP contribution < -0.4 is 10.9 Å². The van der Waals surface area contributed by atoms with E-state index in [-0.39, 0.29) is 24.4 Å². The molecule has 0 saturated heterocycles. The summed E-state index contributed by atoms with van der Waals surface area (Å²) < 4.78 is 44.1. The van der Waals surface area contributed by atoms with Gasteiger partial charge in [-0.2, -0.15) is 24.5 Å². The van der Waals surface area contributed by atoms with Crippen molar-refractivity contribution >= 4 is 22.9 Å². The smallest absolute Gasteiger partial charge is 0.418 e. The van der Waals surface area contributed by atoms with Gasteiger partial charge < -0.3 is 4.42 Å². The lowest BCUT2D eigenvalue weighted by atomic mass is 10.2. The highest BCUT2D eigenvalue weighted by atomic mass is 32.1. The van der Waals surface area contributed by atoms with Crippen LogP contribution in [-0.4, -0.2) is 16.1 Å². The molecule has 0 aliphatic rings. The van der Waals surface area contributed by atoms with Gasteiger partial charge in [-0.15, -0.1) is 10.2 Å². The van der Waals surface area contributed by atoms with E-state index in [0.29, 0.717) is 5.89 Å². The van der Waals surface area contributed by atoms with Crippen molar-refractivity contribution in [3.63, 3.8) is 0 Å². The highest BCUT2D eigenvalue weighted by molar-refractivity contribution is 7.08. The average Bonchev–Trinajstić information content (AvgIpc) is 3.28. The Labute approximate surface area is 150 Å². The highest BCUT2D eigenvalue weighted by Gasteiger charge is 2.33. The Balaban J connectivity index is 1.53. The van der Waals surface area contributed by atoms with Crippen molar-refractivity contribution in [2.45, 2.75) is 19.0 Å². The third-order valence-electron chi connectivity index (χ3n) is 3.37. The van der Waals surface area contributed by atoms with Gasteiger partial charge in [-0.25, -0.2) is 0 Å². The first-order valence-electron chi connectivity index (χ1n) is 7.49. The fourth-order valence-electron chi connectivity index (χ4n) is 2.12. The molecule has 3 rings (SSSR count). The minimum atomic E-state index is -4.52. The third-order valence-corrected chi connectivity index (χ3v) is 4.05. The molecule has 2 aromatic heterocycles. The largest absolute Gasteiger partial charge is 0.421 e. The number of hydrogen-bond acceptors (Lipinski definition) is 6. The van der Waals surface area contributed by atoms with Gasteiger partial charge in [-0.1, -0.05) is 12.1 Å². The summed E-state index contributed by atoms with van der Waals surface area (Å²) in [5, 5.41) is 11.5. The van der Waals surface area contributed by atoms with Crippen molar-refractivity contribution in [2.24, 2.45) is 0 Å². The van der Waals surface area contributed by atoms with Crippen molar-refractivity contribution in [1.29, 1.82) is 0 Å². The van der Waals surface area contributed by atoms with E-state index in [2.05, 4.69) is 21.0 Å². The highest BCUT2D eigenvalue weighted by Crippen LogP contribution is 2.34. The number of alkyl halides is 3. The fraction of sp³-hybridized carbons (Fsp3) is 0.188. The molecule has 0 aliphatic carbocycles. The minimum absolute atomic E-state index is 0.0214. The summed E-state index contributed by atoms with van der Waals surface area (Å²) in [7, 11) is 0. The molecule has 0 aliphatic heterocycles. The second-order valence-corrected chi connectivity index (χ2v) is 6.01. The van der Waals surface area contributed by atoms with Gasteiger partial charge in [0.25, 0.3) is 0 Å². The summed E-state index contributed by atoms with van der Waals surface area (Å²) in [5.41, 5.74) is 4.24. The fourth-order valence-corrected chi connectivity index (χ4v) is 2.75. The average molecular weight is 382 g/mol. The van der Waals surface area contributed by atoms with Crippen LogP contribution in [0.5, 0.6) is 0 Å². The molecule has 0 spiro atoms. The molecule has 6 nitrogen and oxygen atoms in total. The van der Waals surface area contributed by atoms with Crippen molar-refractivity contribution < 1.29 is 22.4 Å². The number of carbonyl (C=O) groups excluding carboxylic acids is 1. The van der Waals surface area contributed by atoms with Crippen LogP contribution in [0.15, 0.2) is 45.5 Å². The lowest BCUT2D eigenvalue weighted by Gasteiger charge is -2.14. The Morgan fingerprint density at radius 1 is 1.19 bits per heavy atom.